The van der Waals surface area contributed by atoms with E-state index in [1.54, 1.807) is 12.1 Å². The maximum absolute atomic E-state index is 13.5. The molecule has 0 spiro atoms. The molecule has 2 aromatic rings. The fraction of sp³-hybridized carbons (Fsp3) is 0.385. The lowest BCUT2D eigenvalue weighted by Gasteiger charge is -2.25. The van der Waals surface area contributed by atoms with Crippen LogP contribution in [0.15, 0.2) is 54.1 Å². The molecule has 0 bridgehead atoms. The number of likely N-dealkylation sites (tertiary alicyclic amines) is 1. The van der Waals surface area contributed by atoms with E-state index in [0.717, 1.165) is 37.9 Å². The average molecular weight is 482 g/mol. The summed E-state index contributed by atoms with van der Waals surface area (Å²) >= 11 is 7.30. The minimum atomic E-state index is -0.136. The highest BCUT2D eigenvalue weighted by molar-refractivity contribution is 7.18. The van der Waals surface area contributed by atoms with Gasteiger partial charge in [0.1, 0.15) is 0 Å². The van der Waals surface area contributed by atoms with E-state index in [0.29, 0.717) is 22.3 Å². The van der Waals surface area contributed by atoms with Crippen LogP contribution in [-0.2, 0) is 13.0 Å². The number of thiophene rings is 1. The van der Waals surface area contributed by atoms with Crippen LogP contribution in [0.4, 0.5) is 0 Å². The molecule has 5 nitrogen and oxygen atoms in total. The van der Waals surface area contributed by atoms with Gasteiger partial charge < -0.3 is 15.1 Å². The van der Waals surface area contributed by atoms with Crippen molar-refractivity contribution in [3.8, 4) is 0 Å². The van der Waals surface area contributed by atoms with Crippen molar-refractivity contribution in [2.45, 2.75) is 31.8 Å². The van der Waals surface area contributed by atoms with Crippen molar-refractivity contribution >= 4 is 34.8 Å². The van der Waals surface area contributed by atoms with Crippen LogP contribution >= 0.6 is 22.9 Å². The normalized spacial score (nSPS) is 22.7. The first-order valence-corrected chi connectivity index (χ1v) is 12.7. The molecule has 5 rings (SSSR count). The van der Waals surface area contributed by atoms with Crippen LogP contribution in [-0.4, -0.2) is 54.3 Å². The second-order valence-electron chi connectivity index (χ2n) is 9.16. The third kappa shape index (κ3) is 4.79. The number of likely N-dealkylation sites (N-methyl/N-ethyl adjacent to an activating group) is 1. The van der Waals surface area contributed by atoms with Gasteiger partial charge in [-0.3, -0.25) is 9.59 Å². The summed E-state index contributed by atoms with van der Waals surface area (Å²) in [6.45, 7) is 3.04. The van der Waals surface area contributed by atoms with Gasteiger partial charge in [-0.25, -0.2) is 0 Å². The van der Waals surface area contributed by atoms with Crippen molar-refractivity contribution in [3.63, 3.8) is 0 Å². The number of nitrogens with zero attached hydrogens (tertiary/aromatic N) is 2. The molecule has 1 aromatic carbocycles. The van der Waals surface area contributed by atoms with Crippen LogP contribution in [0, 0.1) is 5.92 Å². The van der Waals surface area contributed by atoms with Crippen LogP contribution in [0.2, 0.25) is 4.34 Å². The monoisotopic (exact) mass is 481 g/mol. The molecule has 1 fully saturated rings. The van der Waals surface area contributed by atoms with Gasteiger partial charge in [-0.2, -0.15) is 0 Å². The lowest BCUT2D eigenvalue weighted by molar-refractivity contribution is 0.0781. The molecule has 1 aliphatic carbocycles. The van der Waals surface area contributed by atoms with E-state index in [9.17, 15) is 9.59 Å². The van der Waals surface area contributed by atoms with Crippen molar-refractivity contribution in [1.29, 1.82) is 0 Å². The van der Waals surface area contributed by atoms with Crippen molar-refractivity contribution in [2.75, 3.05) is 26.7 Å². The molecule has 2 amide bonds. The maximum Gasteiger partial charge on any atom is 0.261 e. The number of carbonyl (C=O) groups excluding carboxylic acids is 2. The molecule has 3 aliphatic rings. The van der Waals surface area contributed by atoms with E-state index in [1.807, 2.05) is 11.0 Å². The van der Waals surface area contributed by atoms with E-state index >= 15 is 0 Å². The number of hydrogen-bond donors (Lipinski definition) is 1. The van der Waals surface area contributed by atoms with E-state index in [1.165, 1.54) is 28.0 Å². The molecule has 0 radical (unpaired) electrons. The molecule has 7 heteroatoms. The first kappa shape index (κ1) is 22.4. The second kappa shape index (κ2) is 9.45. The summed E-state index contributed by atoms with van der Waals surface area (Å²) in [6, 6.07) is 9.47. The van der Waals surface area contributed by atoms with Crippen molar-refractivity contribution in [3.05, 3.63) is 80.0 Å². The molecule has 33 heavy (non-hydrogen) atoms. The summed E-state index contributed by atoms with van der Waals surface area (Å²) in [6.07, 6.45) is 9.58. The second-order valence-corrected chi connectivity index (χ2v) is 10.9. The Balaban J connectivity index is 1.36. The summed E-state index contributed by atoms with van der Waals surface area (Å²) < 4.78 is 0.594. The minimum Gasteiger partial charge on any atom is -0.346 e. The van der Waals surface area contributed by atoms with Gasteiger partial charge in [0.05, 0.1) is 15.3 Å². The smallest absolute Gasteiger partial charge is 0.261 e. The van der Waals surface area contributed by atoms with E-state index in [-0.39, 0.29) is 23.8 Å². The lowest BCUT2D eigenvalue weighted by atomic mass is 9.90. The molecular weight excluding hydrogens is 454 g/mol. The summed E-state index contributed by atoms with van der Waals surface area (Å²) in [7, 11) is 2.12. The van der Waals surface area contributed by atoms with Gasteiger partial charge in [-0.15, -0.1) is 11.3 Å². The van der Waals surface area contributed by atoms with Crippen molar-refractivity contribution in [1.82, 2.24) is 15.1 Å². The van der Waals surface area contributed by atoms with Crippen LogP contribution in [0.5, 0.6) is 0 Å². The Labute approximate surface area is 203 Å². The van der Waals surface area contributed by atoms with Gasteiger partial charge in [0.15, 0.2) is 0 Å². The maximum atomic E-state index is 13.5. The standard InChI is InChI=1S/C26H28ClN3O2S/c1-29-12-11-18-13-19(7-8-20(18)14-29)26(32)30-15-21(17-5-3-2-4-6-17)22(16-30)28-25(31)23-9-10-24(27)33-23/h3,5-10,13,21-22H,2,4,11-12,14-16H2,1H3,(H,28,31)/t21-,22+/m1/s1. The highest BCUT2D eigenvalue weighted by atomic mass is 35.5. The van der Waals surface area contributed by atoms with Crippen molar-refractivity contribution < 1.29 is 9.59 Å². The molecule has 1 aromatic heterocycles. The molecule has 2 atom stereocenters. The predicted octanol–water partition coefficient (Wildman–Crippen LogP) is 4.54. The molecule has 0 unspecified atom stereocenters. The van der Waals surface area contributed by atoms with Crippen LogP contribution < -0.4 is 5.32 Å². The SMILES string of the molecule is CN1CCc2cc(C(=O)N3C[C@H](NC(=O)c4ccc(Cl)s4)[C@@H](C4=CCCC=C4)C3)ccc2C1. The lowest BCUT2D eigenvalue weighted by Crippen LogP contribution is -2.41. The highest BCUT2D eigenvalue weighted by Gasteiger charge is 2.38. The largest absolute Gasteiger partial charge is 0.346 e. The summed E-state index contributed by atoms with van der Waals surface area (Å²) in [5.74, 6) is -0.0105. The third-order valence-electron chi connectivity index (χ3n) is 6.83. The number of carbonyl (C=O) groups is 2. The average Bonchev–Trinajstić information content (AvgIpc) is 3.45. The molecule has 0 saturated carbocycles. The first-order valence-electron chi connectivity index (χ1n) is 11.5. The molecule has 1 saturated heterocycles. The van der Waals surface area contributed by atoms with Crippen LogP contribution in [0.3, 0.4) is 0 Å². The fourth-order valence-corrected chi connectivity index (χ4v) is 5.99. The third-order valence-corrected chi connectivity index (χ3v) is 8.06. The number of halogens is 1. The van der Waals surface area contributed by atoms with Crippen LogP contribution in [0.25, 0.3) is 0 Å². The van der Waals surface area contributed by atoms with Crippen LogP contribution in [0.1, 0.15) is 44.0 Å². The Kier molecular flexibility index (Phi) is 6.41. The zero-order valence-electron chi connectivity index (χ0n) is 18.7. The number of fused-ring (bicyclic) bond motifs is 1. The van der Waals surface area contributed by atoms with Gasteiger partial charge >= 0.3 is 0 Å². The minimum absolute atomic E-state index is 0.0398. The molecule has 172 valence electrons. The topological polar surface area (TPSA) is 52.7 Å². The quantitative estimate of drug-likeness (QED) is 0.697. The number of benzene rings is 1. The Morgan fingerprint density at radius 1 is 1.12 bits per heavy atom. The highest BCUT2D eigenvalue weighted by Crippen LogP contribution is 2.30. The fourth-order valence-electron chi connectivity index (χ4n) is 5.05. The summed E-state index contributed by atoms with van der Waals surface area (Å²) in [5, 5.41) is 3.19. The number of allylic oxidation sites excluding steroid dienone is 3. The summed E-state index contributed by atoms with van der Waals surface area (Å²) in [5.41, 5.74) is 4.52. The van der Waals surface area contributed by atoms with E-state index < -0.39 is 0 Å². The Morgan fingerprint density at radius 3 is 2.76 bits per heavy atom. The molecule has 3 heterocycles. The predicted molar refractivity (Wildman–Crippen MR) is 133 cm³/mol. The zero-order chi connectivity index (χ0) is 22.9. The number of rotatable bonds is 4. The first-order chi connectivity index (χ1) is 16.0. The number of amides is 2. The molecule has 1 N–H and O–H groups in total. The van der Waals surface area contributed by atoms with Gasteiger partial charge in [-0.1, -0.05) is 35.9 Å². The molecule has 2 aliphatic heterocycles. The van der Waals surface area contributed by atoms with E-state index in [2.05, 4.69) is 47.6 Å². The Hall–Kier alpha value is -2.41. The van der Waals surface area contributed by atoms with Gasteiger partial charge in [-0.05, 0) is 67.3 Å². The molecular formula is C26H28ClN3O2S. The van der Waals surface area contributed by atoms with Gasteiger partial charge in [0.25, 0.3) is 11.8 Å². The zero-order valence-corrected chi connectivity index (χ0v) is 20.3. The van der Waals surface area contributed by atoms with Gasteiger partial charge in [0.2, 0.25) is 0 Å². The van der Waals surface area contributed by atoms with Gasteiger partial charge in [0, 0.05) is 37.7 Å². The Morgan fingerprint density at radius 2 is 2.00 bits per heavy atom. The van der Waals surface area contributed by atoms with Crippen molar-refractivity contribution in [2.24, 2.45) is 5.92 Å². The Bertz CT molecular complexity index is 1140. The number of hydrogen-bond acceptors (Lipinski definition) is 4. The number of nitrogens with one attached hydrogen (secondary N) is 1. The summed E-state index contributed by atoms with van der Waals surface area (Å²) in [4.78, 5) is 31.1. The van der Waals surface area contributed by atoms with E-state index in [4.69, 9.17) is 11.6 Å².